The van der Waals surface area contributed by atoms with E-state index in [1.54, 1.807) is 12.1 Å². The molecule has 4 heteroatoms. The van der Waals surface area contributed by atoms with Crippen LogP contribution in [0, 0.1) is 5.82 Å². The average molecular weight is 275 g/mol. The van der Waals surface area contributed by atoms with Gasteiger partial charge in [0.05, 0.1) is 12.2 Å². The van der Waals surface area contributed by atoms with Crippen molar-refractivity contribution in [2.45, 2.75) is 18.7 Å². The molecule has 0 saturated heterocycles. The van der Waals surface area contributed by atoms with Crippen molar-refractivity contribution in [3.05, 3.63) is 29.6 Å². The molecule has 0 heterocycles. The third kappa shape index (κ3) is 2.78. The van der Waals surface area contributed by atoms with Gasteiger partial charge in [0.25, 0.3) is 0 Å². The van der Waals surface area contributed by atoms with Gasteiger partial charge in [-0.2, -0.15) is 0 Å². The van der Waals surface area contributed by atoms with Crippen LogP contribution in [0.15, 0.2) is 18.2 Å². The van der Waals surface area contributed by atoms with Crippen LogP contribution in [0.1, 0.15) is 24.2 Å². The van der Waals surface area contributed by atoms with Crippen molar-refractivity contribution in [3.63, 3.8) is 0 Å². The Balaban J connectivity index is 3.17. The van der Waals surface area contributed by atoms with E-state index in [2.05, 4.69) is 15.9 Å². The number of halogens is 2. The number of benzene rings is 1. The highest BCUT2D eigenvalue weighted by Crippen LogP contribution is 2.34. The van der Waals surface area contributed by atoms with Crippen LogP contribution in [0.5, 0.6) is 5.75 Å². The molecule has 0 fully saturated rings. The smallest absolute Gasteiger partial charge is 0.148 e. The van der Waals surface area contributed by atoms with Gasteiger partial charge in [-0.1, -0.05) is 22.0 Å². The molecule has 0 bridgehead atoms. The van der Waals surface area contributed by atoms with Crippen molar-refractivity contribution >= 4 is 21.7 Å². The van der Waals surface area contributed by atoms with E-state index in [4.69, 9.17) is 4.74 Å². The number of hydrogen-bond acceptors (Lipinski definition) is 2. The zero-order chi connectivity index (χ0) is 11.4. The first-order valence-electron chi connectivity index (χ1n) is 4.63. The molecular formula is C11H12BrFO2. The first-order valence-corrected chi connectivity index (χ1v) is 5.55. The monoisotopic (exact) mass is 274 g/mol. The number of alkyl halides is 1. The van der Waals surface area contributed by atoms with Crippen molar-refractivity contribution in [3.8, 4) is 5.75 Å². The van der Waals surface area contributed by atoms with Crippen molar-refractivity contribution in [1.82, 2.24) is 0 Å². The normalized spacial score (nSPS) is 12.3. The predicted octanol–water partition coefficient (Wildman–Crippen LogP) is 3.25. The Morgan fingerprint density at radius 1 is 1.60 bits per heavy atom. The highest BCUT2D eigenvalue weighted by atomic mass is 79.9. The minimum atomic E-state index is -0.653. The Hall–Kier alpha value is -0.900. The lowest BCUT2D eigenvalue weighted by Crippen LogP contribution is -2.07. The van der Waals surface area contributed by atoms with Crippen LogP contribution in [0.3, 0.4) is 0 Å². The number of carbonyl (C=O) groups is 1. The molecule has 1 atom stereocenters. The van der Waals surface area contributed by atoms with Crippen LogP contribution >= 0.6 is 15.9 Å². The van der Waals surface area contributed by atoms with Crippen LogP contribution in [0.4, 0.5) is 4.39 Å². The molecule has 2 nitrogen and oxygen atoms in total. The second-order valence-electron chi connectivity index (χ2n) is 3.06. The Morgan fingerprint density at radius 2 is 2.27 bits per heavy atom. The highest BCUT2D eigenvalue weighted by Gasteiger charge is 2.21. The summed E-state index contributed by atoms with van der Waals surface area (Å²) in [5.74, 6) is -0.173. The average Bonchev–Trinajstić information content (AvgIpc) is 2.17. The van der Waals surface area contributed by atoms with E-state index in [0.29, 0.717) is 12.4 Å². The number of hydrogen-bond donors (Lipinski definition) is 0. The minimum Gasteiger partial charge on any atom is -0.493 e. The van der Waals surface area contributed by atoms with Gasteiger partial charge in [-0.05, 0) is 26.0 Å². The maximum absolute atomic E-state index is 13.5. The zero-order valence-electron chi connectivity index (χ0n) is 8.59. The summed E-state index contributed by atoms with van der Waals surface area (Å²) in [6, 6.07) is 4.53. The van der Waals surface area contributed by atoms with Gasteiger partial charge in [0.1, 0.15) is 22.2 Å². The summed E-state index contributed by atoms with van der Waals surface area (Å²) in [5.41, 5.74) is 0.270. The molecular weight excluding hydrogens is 263 g/mol. The molecule has 1 unspecified atom stereocenters. The molecule has 0 aliphatic carbocycles. The van der Waals surface area contributed by atoms with Gasteiger partial charge >= 0.3 is 0 Å². The van der Waals surface area contributed by atoms with Crippen LogP contribution in [0.25, 0.3) is 0 Å². The van der Waals surface area contributed by atoms with E-state index >= 15 is 0 Å². The van der Waals surface area contributed by atoms with Crippen LogP contribution < -0.4 is 4.74 Å². The Kier molecular flexibility index (Phi) is 4.27. The SMILES string of the molecule is CCOc1cccc(F)c1C(Br)C(C)=O. The van der Waals surface area contributed by atoms with Gasteiger partial charge in [-0.25, -0.2) is 4.39 Å². The molecule has 0 aromatic heterocycles. The van der Waals surface area contributed by atoms with Gasteiger partial charge < -0.3 is 4.74 Å². The zero-order valence-corrected chi connectivity index (χ0v) is 10.2. The molecule has 1 aromatic rings. The number of rotatable bonds is 4. The molecule has 0 radical (unpaired) electrons. The molecule has 0 aliphatic heterocycles. The molecule has 1 aromatic carbocycles. The van der Waals surface area contributed by atoms with Gasteiger partial charge in [0.15, 0.2) is 0 Å². The third-order valence-corrected chi connectivity index (χ3v) is 3.03. The first-order chi connectivity index (χ1) is 7.07. The minimum absolute atomic E-state index is 0.152. The third-order valence-electron chi connectivity index (χ3n) is 1.92. The first kappa shape index (κ1) is 12.2. The van der Waals surface area contributed by atoms with E-state index < -0.39 is 10.6 Å². The molecule has 0 saturated carbocycles. The highest BCUT2D eigenvalue weighted by molar-refractivity contribution is 9.09. The standard InChI is InChI=1S/C11H12BrFO2/c1-3-15-9-6-4-5-8(13)10(9)11(12)7(2)14/h4-6,11H,3H2,1-2H3. The fraction of sp³-hybridized carbons (Fsp3) is 0.364. The van der Waals surface area contributed by atoms with Crippen LogP contribution in [-0.4, -0.2) is 12.4 Å². The predicted molar refractivity (Wildman–Crippen MR) is 59.9 cm³/mol. The van der Waals surface area contributed by atoms with Gasteiger partial charge in [0, 0.05) is 0 Å². The lowest BCUT2D eigenvalue weighted by molar-refractivity contribution is -0.116. The summed E-state index contributed by atoms with van der Waals surface area (Å²) < 4.78 is 18.8. The molecule has 0 aliphatic rings. The summed E-state index contributed by atoms with van der Waals surface area (Å²) >= 11 is 3.15. The molecule has 0 spiro atoms. The van der Waals surface area contributed by atoms with Crippen molar-refractivity contribution in [1.29, 1.82) is 0 Å². The second-order valence-corrected chi connectivity index (χ2v) is 3.97. The summed E-state index contributed by atoms with van der Waals surface area (Å²) in [5, 5.41) is 0. The molecule has 0 N–H and O–H groups in total. The second kappa shape index (κ2) is 5.26. The summed E-state index contributed by atoms with van der Waals surface area (Å²) in [4.78, 5) is 10.5. The summed E-state index contributed by atoms with van der Waals surface area (Å²) in [7, 11) is 0. The Morgan fingerprint density at radius 3 is 2.80 bits per heavy atom. The van der Waals surface area contributed by atoms with Crippen LogP contribution in [0.2, 0.25) is 0 Å². The largest absolute Gasteiger partial charge is 0.493 e. The van der Waals surface area contributed by atoms with E-state index in [9.17, 15) is 9.18 Å². The van der Waals surface area contributed by atoms with Crippen molar-refractivity contribution < 1.29 is 13.9 Å². The molecule has 0 amide bonds. The molecule has 1 rings (SSSR count). The van der Waals surface area contributed by atoms with E-state index in [1.807, 2.05) is 6.92 Å². The summed E-state index contributed by atoms with van der Waals surface area (Å²) in [6.45, 7) is 3.65. The molecule has 82 valence electrons. The van der Waals surface area contributed by atoms with Gasteiger partial charge in [-0.15, -0.1) is 0 Å². The van der Waals surface area contributed by atoms with E-state index in [1.165, 1.54) is 13.0 Å². The van der Waals surface area contributed by atoms with Gasteiger partial charge in [0.2, 0.25) is 0 Å². The maximum Gasteiger partial charge on any atom is 0.148 e. The Labute approximate surface area is 96.6 Å². The van der Waals surface area contributed by atoms with Gasteiger partial charge in [-0.3, -0.25) is 4.79 Å². The number of carbonyl (C=O) groups excluding carboxylic acids is 1. The molecule has 15 heavy (non-hydrogen) atoms. The fourth-order valence-electron chi connectivity index (χ4n) is 1.25. The quantitative estimate of drug-likeness (QED) is 0.788. The Bertz CT molecular complexity index is 366. The summed E-state index contributed by atoms with van der Waals surface area (Å²) in [6.07, 6.45) is 0. The van der Waals surface area contributed by atoms with Crippen molar-refractivity contribution in [2.75, 3.05) is 6.61 Å². The number of Topliss-reactive ketones (excluding diaryl/α,β-unsaturated/α-hetero) is 1. The lowest BCUT2D eigenvalue weighted by Gasteiger charge is -2.13. The fourth-order valence-corrected chi connectivity index (χ4v) is 1.69. The van der Waals surface area contributed by atoms with E-state index in [-0.39, 0.29) is 11.3 Å². The lowest BCUT2D eigenvalue weighted by atomic mass is 10.1. The number of ketones is 1. The van der Waals surface area contributed by atoms with Crippen LogP contribution in [-0.2, 0) is 4.79 Å². The topological polar surface area (TPSA) is 26.3 Å². The van der Waals surface area contributed by atoms with Crippen molar-refractivity contribution in [2.24, 2.45) is 0 Å². The maximum atomic E-state index is 13.5. The number of ether oxygens (including phenoxy) is 1. The van der Waals surface area contributed by atoms with E-state index in [0.717, 1.165) is 0 Å².